The molecule has 0 bridgehead atoms. The van der Waals surface area contributed by atoms with Crippen LogP contribution in [0.4, 0.5) is 5.69 Å². The molecule has 1 heterocycles. The molecule has 0 radical (unpaired) electrons. The van der Waals surface area contributed by atoms with Gasteiger partial charge in [-0.25, -0.2) is 4.98 Å². The van der Waals surface area contributed by atoms with Gasteiger partial charge in [-0.3, -0.25) is 10.1 Å². The average Bonchev–Trinajstić information content (AvgIpc) is 2.39. The second-order valence-corrected chi connectivity index (χ2v) is 3.52. The first-order valence-electron chi connectivity index (χ1n) is 5.01. The van der Waals surface area contributed by atoms with Crippen LogP contribution in [-0.2, 0) is 6.61 Å². The Labute approximate surface area is 97.5 Å². The fraction of sp³-hybridized carbons (Fsp3) is 0.0833. The molecule has 1 aromatic carbocycles. The molecule has 0 spiro atoms. The summed E-state index contributed by atoms with van der Waals surface area (Å²) >= 11 is 0. The Kier molecular flexibility index (Phi) is 3.11. The van der Waals surface area contributed by atoms with Crippen LogP contribution in [0.5, 0.6) is 0 Å². The van der Waals surface area contributed by atoms with Crippen LogP contribution in [0.2, 0.25) is 0 Å². The first kappa shape index (κ1) is 11.2. The van der Waals surface area contributed by atoms with Crippen molar-refractivity contribution in [1.82, 2.24) is 4.98 Å². The number of nitrogens with zero attached hydrogens (tertiary/aromatic N) is 2. The molecule has 5 heteroatoms. The molecule has 1 N–H and O–H groups in total. The molecule has 0 unspecified atom stereocenters. The molecule has 0 atom stereocenters. The lowest BCUT2D eigenvalue weighted by Crippen LogP contribution is -1.91. The molecule has 0 saturated heterocycles. The van der Waals surface area contributed by atoms with Crippen LogP contribution < -0.4 is 0 Å². The maximum absolute atomic E-state index is 10.5. The summed E-state index contributed by atoms with van der Waals surface area (Å²) < 4.78 is 0. The lowest BCUT2D eigenvalue weighted by Gasteiger charge is -2.02. The van der Waals surface area contributed by atoms with E-state index in [1.165, 1.54) is 12.3 Å². The topological polar surface area (TPSA) is 76.3 Å². The van der Waals surface area contributed by atoms with E-state index < -0.39 is 4.92 Å². The number of pyridine rings is 1. The van der Waals surface area contributed by atoms with Gasteiger partial charge in [-0.15, -0.1) is 0 Å². The zero-order valence-electron chi connectivity index (χ0n) is 8.91. The van der Waals surface area contributed by atoms with Gasteiger partial charge in [0.1, 0.15) is 6.20 Å². The van der Waals surface area contributed by atoms with E-state index in [4.69, 9.17) is 5.11 Å². The smallest absolute Gasteiger partial charge is 0.287 e. The molecule has 5 nitrogen and oxygen atoms in total. The van der Waals surface area contributed by atoms with E-state index in [0.717, 1.165) is 11.1 Å². The fourth-order valence-electron chi connectivity index (χ4n) is 1.49. The molecule has 17 heavy (non-hydrogen) atoms. The molecule has 2 aromatic rings. The molecule has 0 aliphatic heterocycles. The van der Waals surface area contributed by atoms with E-state index in [0.29, 0.717) is 5.69 Å². The largest absolute Gasteiger partial charge is 0.392 e. The molecule has 0 amide bonds. The monoisotopic (exact) mass is 230 g/mol. The van der Waals surface area contributed by atoms with E-state index >= 15 is 0 Å². The zero-order chi connectivity index (χ0) is 12.3. The van der Waals surface area contributed by atoms with Crippen LogP contribution in [0, 0.1) is 10.1 Å². The van der Waals surface area contributed by atoms with Gasteiger partial charge in [0.15, 0.2) is 0 Å². The second kappa shape index (κ2) is 4.71. The summed E-state index contributed by atoms with van der Waals surface area (Å²) in [7, 11) is 0. The number of aromatic nitrogens is 1. The summed E-state index contributed by atoms with van der Waals surface area (Å²) in [6.45, 7) is -0.0409. The van der Waals surface area contributed by atoms with Crippen LogP contribution in [-0.4, -0.2) is 15.0 Å². The summed E-state index contributed by atoms with van der Waals surface area (Å²) in [5, 5.41) is 19.5. The molecule has 2 rings (SSSR count). The van der Waals surface area contributed by atoms with Crippen molar-refractivity contribution >= 4 is 5.69 Å². The molecule has 0 aliphatic rings. The highest BCUT2D eigenvalue weighted by atomic mass is 16.6. The van der Waals surface area contributed by atoms with Gasteiger partial charge in [0.25, 0.3) is 5.69 Å². The molecular weight excluding hydrogens is 220 g/mol. The Hall–Kier alpha value is -2.27. The average molecular weight is 230 g/mol. The van der Waals surface area contributed by atoms with Crippen molar-refractivity contribution in [2.45, 2.75) is 6.61 Å². The maximum atomic E-state index is 10.5. The first-order chi connectivity index (χ1) is 8.20. The van der Waals surface area contributed by atoms with Gasteiger partial charge >= 0.3 is 0 Å². The fourth-order valence-corrected chi connectivity index (χ4v) is 1.49. The van der Waals surface area contributed by atoms with Gasteiger partial charge in [0.05, 0.1) is 17.2 Å². The van der Waals surface area contributed by atoms with E-state index in [1.54, 1.807) is 18.2 Å². The maximum Gasteiger partial charge on any atom is 0.287 e. The van der Waals surface area contributed by atoms with Gasteiger partial charge in [-0.1, -0.05) is 18.2 Å². The third-order valence-electron chi connectivity index (χ3n) is 2.36. The number of hydrogen-bond acceptors (Lipinski definition) is 4. The Bertz CT molecular complexity index is 538. The molecule has 0 fully saturated rings. The van der Waals surface area contributed by atoms with Crippen molar-refractivity contribution in [1.29, 1.82) is 0 Å². The molecule has 1 aromatic heterocycles. The zero-order valence-corrected chi connectivity index (χ0v) is 8.91. The molecule has 0 saturated carbocycles. The van der Waals surface area contributed by atoms with Gasteiger partial charge in [-0.2, -0.15) is 0 Å². The number of hydrogen-bond donors (Lipinski definition) is 1. The van der Waals surface area contributed by atoms with Crippen molar-refractivity contribution in [2.24, 2.45) is 0 Å². The number of benzene rings is 1. The summed E-state index contributed by atoms with van der Waals surface area (Å²) in [5.74, 6) is 0. The van der Waals surface area contributed by atoms with E-state index in [2.05, 4.69) is 4.98 Å². The first-order valence-corrected chi connectivity index (χ1v) is 5.01. The van der Waals surface area contributed by atoms with Crippen LogP contribution in [0.25, 0.3) is 11.3 Å². The van der Waals surface area contributed by atoms with Gasteiger partial charge in [0.2, 0.25) is 0 Å². The van der Waals surface area contributed by atoms with Gasteiger partial charge in [0, 0.05) is 11.6 Å². The lowest BCUT2D eigenvalue weighted by molar-refractivity contribution is -0.385. The highest BCUT2D eigenvalue weighted by molar-refractivity contribution is 5.60. The second-order valence-electron chi connectivity index (χ2n) is 3.52. The van der Waals surface area contributed by atoms with Crippen LogP contribution in [0.15, 0.2) is 42.6 Å². The van der Waals surface area contributed by atoms with Gasteiger partial charge < -0.3 is 5.11 Å². The lowest BCUT2D eigenvalue weighted by atomic mass is 10.1. The minimum atomic E-state index is -0.485. The molecule has 86 valence electrons. The third-order valence-corrected chi connectivity index (χ3v) is 2.36. The summed E-state index contributed by atoms with van der Waals surface area (Å²) in [6, 6.07) is 10.3. The number of nitro groups is 1. The predicted octanol–water partition coefficient (Wildman–Crippen LogP) is 2.15. The Morgan fingerprint density at radius 1 is 1.29 bits per heavy atom. The summed E-state index contributed by atoms with van der Waals surface area (Å²) in [4.78, 5) is 14.0. The quantitative estimate of drug-likeness (QED) is 0.647. The minimum absolute atomic E-state index is 0.0351. The van der Waals surface area contributed by atoms with Crippen molar-refractivity contribution < 1.29 is 10.0 Å². The molecular formula is C12H10N2O3. The van der Waals surface area contributed by atoms with Gasteiger partial charge in [-0.05, 0) is 17.7 Å². The number of aliphatic hydroxyl groups is 1. The van der Waals surface area contributed by atoms with Crippen LogP contribution in [0.3, 0.4) is 0 Å². The van der Waals surface area contributed by atoms with Crippen LogP contribution >= 0.6 is 0 Å². The summed E-state index contributed by atoms with van der Waals surface area (Å²) in [5.41, 5.74) is 2.21. The van der Waals surface area contributed by atoms with Crippen molar-refractivity contribution in [2.75, 3.05) is 0 Å². The van der Waals surface area contributed by atoms with Crippen molar-refractivity contribution in [3.05, 3.63) is 58.3 Å². The number of rotatable bonds is 3. The summed E-state index contributed by atoms with van der Waals surface area (Å²) in [6.07, 6.45) is 1.22. The molecule has 0 aliphatic carbocycles. The minimum Gasteiger partial charge on any atom is -0.392 e. The van der Waals surface area contributed by atoms with E-state index in [1.807, 2.05) is 12.1 Å². The third kappa shape index (κ3) is 2.46. The normalized spacial score (nSPS) is 10.2. The Morgan fingerprint density at radius 2 is 2.12 bits per heavy atom. The van der Waals surface area contributed by atoms with Crippen molar-refractivity contribution in [3.8, 4) is 11.3 Å². The SMILES string of the molecule is O=[N+]([O-])c1ccc(-c2cccc(CO)c2)nc1. The highest BCUT2D eigenvalue weighted by Crippen LogP contribution is 2.20. The van der Waals surface area contributed by atoms with E-state index in [9.17, 15) is 10.1 Å². The predicted molar refractivity (Wildman–Crippen MR) is 62.3 cm³/mol. The van der Waals surface area contributed by atoms with Crippen molar-refractivity contribution in [3.63, 3.8) is 0 Å². The standard InChI is InChI=1S/C12H10N2O3/c15-8-9-2-1-3-10(6-9)12-5-4-11(7-13-12)14(16)17/h1-7,15H,8H2. The van der Waals surface area contributed by atoms with E-state index in [-0.39, 0.29) is 12.3 Å². The Morgan fingerprint density at radius 3 is 2.71 bits per heavy atom. The number of aliphatic hydroxyl groups excluding tert-OH is 1. The van der Waals surface area contributed by atoms with Crippen LogP contribution in [0.1, 0.15) is 5.56 Å². The Balaban J connectivity index is 2.36. The highest BCUT2D eigenvalue weighted by Gasteiger charge is 2.06.